The normalized spacial score (nSPS) is 26.3. The van der Waals surface area contributed by atoms with E-state index in [1.165, 1.54) is 0 Å². The molecule has 1 N–H and O–H groups in total. The predicted molar refractivity (Wildman–Crippen MR) is 80.5 cm³/mol. The Hall–Kier alpha value is -1.41. The Balaban J connectivity index is 1.86. The highest BCUT2D eigenvalue weighted by atomic mass is 16.6. The summed E-state index contributed by atoms with van der Waals surface area (Å²) in [4.78, 5) is 15.8. The van der Waals surface area contributed by atoms with Crippen LogP contribution in [-0.4, -0.2) is 58.9 Å². The molecule has 2 saturated heterocycles. The number of hydrogen-bond donors (Lipinski definition) is 1. The Morgan fingerprint density at radius 2 is 2.00 bits per heavy atom. The fraction of sp³-hybridized carbons (Fsp3) is 0.812. The minimum Gasteiger partial charge on any atom is -0.444 e. The Kier molecular flexibility index (Phi) is 5.00. The Bertz CT molecular complexity index is 433. The van der Waals surface area contributed by atoms with E-state index in [1.54, 1.807) is 4.90 Å². The molecule has 1 amide bonds. The molecule has 2 fully saturated rings. The predicted octanol–water partition coefficient (Wildman–Crippen LogP) is 1.66. The van der Waals surface area contributed by atoms with Crippen LogP contribution in [0.3, 0.4) is 0 Å². The lowest BCUT2D eigenvalue weighted by atomic mass is 9.99. The van der Waals surface area contributed by atoms with Crippen molar-refractivity contribution in [1.82, 2.24) is 9.80 Å². The van der Waals surface area contributed by atoms with Gasteiger partial charge in [0, 0.05) is 31.6 Å². The van der Waals surface area contributed by atoms with Gasteiger partial charge >= 0.3 is 6.09 Å². The molecular formula is C16H26N2O3. The van der Waals surface area contributed by atoms with Crippen LogP contribution in [0.25, 0.3) is 0 Å². The second-order valence-electron chi connectivity index (χ2n) is 6.91. The molecular weight excluding hydrogens is 268 g/mol. The lowest BCUT2D eigenvalue weighted by molar-refractivity contribution is 0.0190. The molecule has 0 aliphatic carbocycles. The molecule has 2 heterocycles. The number of aliphatic hydroxyl groups is 1. The topological polar surface area (TPSA) is 53.0 Å². The first kappa shape index (κ1) is 16.0. The smallest absolute Gasteiger partial charge is 0.410 e. The van der Waals surface area contributed by atoms with Crippen LogP contribution in [0.5, 0.6) is 0 Å². The van der Waals surface area contributed by atoms with Crippen molar-refractivity contribution in [3.05, 3.63) is 0 Å². The number of nitrogens with zero attached hydrogens (tertiary/aromatic N) is 2. The zero-order chi connectivity index (χ0) is 15.5. The Morgan fingerprint density at radius 1 is 1.24 bits per heavy atom. The fourth-order valence-electron chi connectivity index (χ4n) is 2.61. The number of β-amino-alcohol motifs (C(OH)–C–C–N with tert-alkyl or cyclic N) is 1. The number of rotatable bonds is 0. The maximum Gasteiger partial charge on any atom is 0.410 e. The Labute approximate surface area is 127 Å². The van der Waals surface area contributed by atoms with Crippen molar-refractivity contribution in [2.75, 3.05) is 26.2 Å². The minimum atomic E-state index is -0.457. The molecule has 2 rings (SSSR count). The van der Waals surface area contributed by atoms with E-state index in [0.29, 0.717) is 13.1 Å². The van der Waals surface area contributed by atoms with Crippen LogP contribution in [0, 0.1) is 17.9 Å². The van der Waals surface area contributed by atoms with Gasteiger partial charge in [0.15, 0.2) is 0 Å². The van der Waals surface area contributed by atoms with Crippen molar-refractivity contribution in [2.45, 2.75) is 51.7 Å². The maximum absolute atomic E-state index is 12.1. The first-order valence-corrected chi connectivity index (χ1v) is 7.75. The van der Waals surface area contributed by atoms with E-state index >= 15 is 0 Å². The first-order valence-electron chi connectivity index (χ1n) is 7.75. The van der Waals surface area contributed by atoms with E-state index in [4.69, 9.17) is 4.74 Å². The van der Waals surface area contributed by atoms with E-state index < -0.39 is 5.60 Å². The Morgan fingerprint density at radius 3 is 2.62 bits per heavy atom. The van der Waals surface area contributed by atoms with Crippen LogP contribution in [0.4, 0.5) is 4.79 Å². The summed E-state index contributed by atoms with van der Waals surface area (Å²) in [5.74, 6) is 3.45. The highest BCUT2D eigenvalue weighted by Crippen LogP contribution is 2.19. The average molecular weight is 294 g/mol. The van der Waals surface area contributed by atoms with Gasteiger partial charge in [0.2, 0.25) is 0 Å². The van der Waals surface area contributed by atoms with Crippen LogP contribution in [-0.2, 0) is 4.74 Å². The van der Waals surface area contributed by atoms with E-state index in [-0.39, 0.29) is 18.1 Å². The van der Waals surface area contributed by atoms with E-state index in [2.05, 4.69) is 12.0 Å². The second-order valence-corrected chi connectivity index (χ2v) is 6.91. The molecule has 2 aliphatic heterocycles. The summed E-state index contributed by atoms with van der Waals surface area (Å²) in [6.45, 7) is 8.49. The number of carbonyl (C=O) groups is 1. The van der Waals surface area contributed by atoms with E-state index in [9.17, 15) is 9.90 Å². The summed E-state index contributed by atoms with van der Waals surface area (Å²) in [5, 5.41) is 9.48. The van der Waals surface area contributed by atoms with E-state index in [1.807, 2.05) is 25.7 Å². The lowest BCUT2D eigenvalue weighted by Crippen LogP contribution is -2.42. The standard InChI is InChI=1S/C16H26N2O3/c1-16(2,3)21-15(20)18-8-4-5-13(11-18)6-9-17-10-7-14(19)12-17/h13-14,19H,4-5,7-8,10-12H2,1-3H3/t13?,14-/m0/s1. The molecule has 5 nitrogen and oxygen atoms in total. The molecule has 1 unspecified atom stereocenters. The van der Waals surface area contributed by atoms with Crippen molar-refractivity contribution in [2.24, 2.45) is 5.92 Å². The zero-order valence-electron chi connectivity index (χ0n) is 13.3. The van der Waals surface area contributed by atoms with Crippen molar-refractivity contribution in [1.29, 1.82) is 0 Å². The summed E-state index contributed by atoms with van der Waals surface area (Å²) in [5.41, 5.74) is -0.457. The van der Waals surface area contributed by atoms with Gasteiger partial charge in [-0.2, -0.15) is 0 Å². The molecule has 0 radical (unpaired) electrons. The van der Waals surface area contributed by atoms with Gasteiger partial charge in [0.05, 0.1) is 12.6 Å². The molecule has 2 atom stereocenters. The highest BCUT2D eigenvalue weighted by Gasteiger charge is 2.27. The number of amides is 1. The third-order valence-electron chi connectivity index (χ3n) is 3.66. The van der Waals surface area contributed by atoms with Gasteiger partial charge in [-0.05, 0) is 40.0 Å². The molecule has 0 spiro atoms. The molecule has 0 aromatic rings. The molecule has 2 aliphatic rings. The number of hydrogen-bond acceptors (Lipinski definition) is 4. The van der Waals surface area contributed by atoms with E-state index in [0.717, 1.165) is 32.4 Å². The summed E-state index contributed by atoms with van der Waals surface area (Å²) in [6.07, 6.45) is 2.28. The van der Waals surface area contributed by atoms with Crippen LogP contribution < -0.4 is 0 Å². The first-order chi connectivity index (χ1) is 9.83. The third kappa shape index (κ3) is 5.13. The molecule has 0 saturated carbocycles. The number of carbonyl (C=O) groups excluding carboxylic acids is 1. The zero-order valence-corrected chi connectivity index (χ0v) is 13.3. The largest absolute Gasteiger partial charge is 0.444 e. The molecule has 0 aromatic carbocycles. The van der Waals surface area contributed by atoms with Crippen molar-refractivity contribution >= 4 is 6.09 Å². The van der Waals surface area contributed by atoms with Gasteiger partial charge in [-0.3, -0.25) is 0 Å². The molecule has 118 valence electrons. The monoisotopic (exact) mass is 294 g/mol. The van der Waals surface area contributed by atoms with Crippen LogP contribution >= 0.6 is 0 Å². The third-order valence-corrected chi connectivity index (χ3v) is 3.66. The summed E-state index contributed by atoms with van der Waals surface area (Å²) in [7, 11) is 0. The highest BCUT2D eigenvalue weighted by molar-refractivity contribution is 5.68. The minimum absolute atomic E-state index is 0.198. The SMILES string of the molecule is CC(C)(C)OC(=O)N1CCCC(C#CN2CC[C@H](O)C2)C1. The fourth-order valence-corrected chi connectivity index (χ4v) is 2.61. The van der Waals surface area contributed by atoms with Gasteiger partial charge in [-0.25, -0.2) is 4.79 Å². The number of likely N-dealkylation sites (tertiary alicyclic amines) is 2. The van der Waals surface area contributed by atoms with Gasteiger partial charge < -0.3 is 19.6 Å². The summed E-state index contributed by atoms with van der Waals surface area (Å²) < 4.78 is 5.41. The molecule has 0 bridgehead atoms. The number of aliphatic hydroxyl groups excluding tert-OH is 1. The van der Waals surface area contributed by atoms with Crippen molar-refractivity contribution in [3.63, 3.8) is 0 Å². The number of ether oxygens (including phenoxy) is 1. The average Bonchev–Trinajstić information content (AvgIpc) is 2.81. The van der Waals surface area contributed by atoms with Crippen LogP contribution in [0.15, 0.2) is 0 Å². The maximum atomic E-state index is 12.1. The van der Waals surface area contributed by atoms with Crippen LogP contribution in [0.1, 0.15) is 40.0 Å². The van der Waals surface area contributed by atoms with Gasteiger partial charge in [-0.15, -0.1) is 0 Å². The van der Waals surface area contributed by atoms with Gasteiger partial charge in [0.1, 0.15) is 5.60 Å². The quantitative estimate of drug-likeness (QED) is 0.690. The molecule has 21 heavy (non-hydrogen) atoms. The van der Waals surface area contributed by atoms with Crippen LogP contribution in [0.2, 0.25) is 0 Å². The summed E-state index contributed by atoms with van der Waals surface area (Å²) in [6, 6.07) is 3.13. The van der Waals surface area contributed by atoms with Gasteiger partial charge in [-0.1, -0.05) is 5.92 Å². The second kappa shape index (κ2) is 6.57. The van der Waals surface area contributed by atoms with Crippen molar-refractivity contribution < 1.29 is 14.6 Å². The summed E-state index contributed by atoms with van der Waals surface area (Å²) >= 11 is 0. The van der Waals surface area contributed by atoms with Gasteiger partial charge in [0.25, 0.3) is 0 Å². The van der Waals surface area contributed by atoms with Crippen molar-refractivity contribution in [3.8, 4) is 12.0 Å². The molecule has 0 aromatic heterocycles. The lowest BCUT2D eigenvalue weighted by Gasteiger charge is -2.32. The number of piperidine rings is 1. The molecule has 5 heteroatoms.